The molecule has 6 aromatic carbocycles. The van der Waals surface area contributed by atoms with E-state index < -0.39 is 55.0 Å². The third-order valence-corrected chi connectivity index (χ3v) is 12.9. The fourth-order valence-corrected chi connectivity index (χ4v) is 8.65. The van der Waals surface area contributed by atoms with Crippen molar-refractivity contribution < 1.29 is 57.5 Å². The standard InChI is InChI=1S/C26H21F3N2O4S.C24H19F3N4O3S/c1-3-35-25(32)23-16-31(24(30-23)21-9-4-5-10-22(21)26(27,28)29)19-13-11-17(12-14-19)18-7-6-8-20(15-18)36(2,33)34;1-35(33,34)18-6-4-5-16(13-18)15-9-11-17(12-10-15)31-14-21(23(32)30-28)29-22(31)19-7-2-3-8-20(19)24(25,26)27/h4-16H,3H2,1-2H3;2-14H,28H2,1H3,(H,30,32). The number of alkyl halides is 6. The zero-order valence-electron chi connectivity index (χ0n) is 37.5. The fraction of sp³-hybridized carbons (Fsp3) is 0.120. The second-order valence-corrected chi connectivity index (χ2v) is 19.6. The topological polar surface area (TPSA) is 185 Å². The fourth-order valence-electron chi connectivity index (χ4n) is 7.31. The molecule has 21 heteroatoms. The summed E-state index contributed by atoms with van der Waals surface area (Å²) in [6, 6.07) is 36.1. The van der Waals surface area contributed by atoms with E-state index in [4.69, 9.17) is 10.6 Å². The number of nitrogens with one attached hydrogen (secondary N) is 1. The molecule has 2 heterocycles. The number of sulfone groups is 2. The lowest BCUT2D eigenvalue weighted by molar-refractivity contribution is -0.137. The number of imidazole rings is 2. The number of nitrogens with zero attached hydrogens (tertiary/aromatic N) is 4. The molecular formula is C50H40F6N6O7S2. The lowest BCUT2D eigenvalue weighted by Crippen LogP contribution is -2.30. The lowest BCUT2D eigenvalue weighted by atomic mass is 10.0. The number of aromatic nitrogens is 4. The summed E-state index contributed by atoms with van der Waals surface area (Å²) in [5, 5.41) is 0. The molecular weight excluding hydrogens is 975 g/mol. The highest BCUT2D eigenvalue weighted by Crippen LogP contribution is 2.39. The predicted octanol–water partition coefficient (Wildman–Crippen LogP) is 10.0. The Labute approximate surface area is 403 Å². The van der Waals surface area contributed by atoms with E-state index in [9.17, 15) is 52.8 Å². The van der Waals surface area contributed by atoms with Crippen molar-refractivity contribution in [3.63, 3.8) is 0 Å². The van der Waals surface area contributed by atoms with Gasteiger partial charge in [-0.05, 0) is 89.8 Å². The molecule has 71 heavy (non-hydrogen) atoms. The Morgan fingerprint density at radius 2 is 0.958 bits per heavy atom. The van der Waals surface area contributed by atoms with Gasteiger partial charge in [0.2, 0.25) is 0 Å². The highest BCUT2D eigenvalue weighted by Gasteiger charge is 2.36. The number of hydrazine groups is 1. The van der Waals surface area contributed by atoms with E-state index in [1.807, 2.05) is 5.43 Å². The average Bonchev–Trinajstić information content (AvgIpc) is 4.00. The van der Waals surface area contributed by atoms with Crippen LogP contribution >= 0.6 is 0 Å². The molecule has 0 bridgehead atoms. The molecule has 2 aromatic heterocycles. The smallest absolute Gasteiger partial charge is 0.417 e. The summed E-state index contributed by atoms with van der Waals surface area (Å²) in [5.74, 6) is 3.52. The van der Waals surface area contributed by atoms with E-state index >= 15 is 0 Å². The third-order valence-electron chi connectivity index (χ3n) is 10.7. The molecule has 0 unspecified atom stereocenters. The normalized spacial score (nSPS) is 11.9. The summed E-state index contributed by atoms with van der Waals surface area (Å²) >= 11 is 0. The van der Waals surface area contributed by atoms with Gasteiger partial charge in [-0.15, -0.1) is 0 Å². The highest BCUT2D eigenvalue weighted by atomic mass is 32.2. The van der Waals surface area contributed by atoms with Crippen molar-refractivity contribution >= 4 is 31.6 Å². The van der Waals surface area contributed by atoms with Crippen molar-refractivity contribution in [2.45, 2.75) is 29.1 Å². The van der Waals surface area contributed by atoms with Crippen LogP contribution in [0.15, 0.2) is 168 Å². The maximum absolute atomic E-state index is 13.7. The number of amides is 1. The Bertz CT molecular complexity index is 3500. The van der Waals surface area contributed by atoms with Gasteiger partial charge in [-0.2, -0.15) is 26.3 Å². The molecule has 366 valence electrons. The second kappa shape index (κ2) is 20.2. The zero-order valence-corrected chi connectivity index (χ0v) is 39.2. The van der Waals surface area contributed by atoms with Gasteiger partial charge in [0.25, 0.3) is 5.91 Å². The number of hydrogen-bond donors (Lipinski definition) is 2. The SMILES string of the molecule is CCOC(=O)c1cn(-c2ccc(-c3cccc(S(C)(=O)=O)c3)cc2)c(-c2ccccc2C(F)(F)F)n1.CS(=O)(=O)c1cccc(-c2ccc(-n3cc(C(=O)NN)nc3-c3ccccc3C(F)(F)F)cc2)c1. The van der Waals surface area contributed by atoms with E-state index in [1.54, 1.807) is 85.8 Å². The van der Waals surface area contributed by atoms with Crippen molar-refractivity contribution in [3.8, 4) is 56.4 Å². The number of halogens is 6. The summed E-state index contributed by atoms with van der Waals surface area (Å²) in [6.07, 6.45) is -4.41. The Morgan fingerprint density at radius 1 is 0.563 bits per heavy atom. The number of carbonyl (C=O) groups is 2. The van der Waals surface area contributed by atoms with Crippen LogP contribution in [0.4, 0.5) is 26.3 Å². The number of rotatable bonds is 11. The molecule has 13 nitrogen and oxygen atoms in total. The van der Waals surface area contributed by atoms with Gasteiger partial charge in [0.1, 0.15) is 17.3 Å². The van der Waals surface area contributed by atoms with Crippen LogP contribution in [0.2, 0.25) is 0 Å². The first-order valence-electron chi connectivity index (χ1n) is 21.0. The van der Waals surface area contributed by atoms with Crippen LogP contribution in [0.3, 0.4) is 0 Å². The van der Waals surface area contributed by atoms with Gasteiger partial charge in [-0.25, -0.2) is 37.4 Å². The molecule has 8 aromatic rings. The molecule has 0 saturated heterocycles. The molecule has 0 saturated carbocycles. The largest absolute Gasteiger partial charge is 0.461 e. The predicted molar refractivity (Wildman–Crippen MR) is 253 cm³/mol. The van der Waals surface area contributed by atoms with Crippen LogP contribution in [0.25, 0.3) is 56.4 Å². The van der Waals surface area contributed by atoms with E-state index in [-0.39, 0.29) is 50.6 Å². The monoisotopic (exact) mass is 1010 g/mol. The summed E-state index contributed by atoms with van der Waals surface area (Å²) in [6.45, 7) is 1.70. The van der Waals surface area contributed by atoms with Crippen LogP contribution in [-0.4, -0.2) is 66.9 Å². The number of carbonyl (C=O) groups excluding carboxylic acids is 2. The number of hydrogen-bond acceptors (Lipinski definition) is 10. The summed E-state index contributed by atoms with van der Waals surface area (Å²) in [5.41, 5.74) is 3.04. The Kier molecular flexibility index (Phi) is 14.5. The zero-order chi connectivity index (χ0) is 51.5. The first kappa shape index (κ1) is 51.0. The lowest BCUT2D eigenvalue weighted by Gasteiger charge is -2.14. The Hall–Kier alpha value is -7.88. The number of benzene rings is 6. The van der Waals surface area contributed by atoms with Crippen molar-refractivity contribution in [1.82, 2.24) is 24.5 Å². The Balaban J connectivity index is 0.000000209. The minimum atomic E-state index is -4.64. The van der Waals surface area contributed by atoms with E-state index in [2.05, 4.69) is 9.97 Å². The van der Waals surface area contributed by atoms with E-state index in [0.29, 0.717) is 33.6 Å². The maximum Gasteiger partial charge on any atom is 0.417 e. The van der Waals surface area contributed by atoms with Gasteiger partial charge in [-0.1, -0.05) is 84.9 Å². The molecule has 0 spiro atoms. The maximum atomic E-state index is 13.7. The quantitative estimate of drug-likeness (QED) is 0.0415. The van der Waals surface area contributed by atoms with Crippen LogP contribution in [0.5, 0.6) is 0 Å². The van der Waals surface area contributed by atoms with Crippen molar-refractivity contribution in [1.29, 1.82) is 0 Å². The molecule has 0 aliphatic heterocycles. The number of nitrogens with two attached hydrogens (primary N) is 1. The van der Waals surface area contributed by atoms with Crippen molar-refractivity contribution in [2.75, 3.05) is 19.1 Å². The highest BCUT2D eigenvalue weighted by molar-refractivity contribution is 7.91. The van der Waals surface area contributed by atoms with Crippen LogP contribution in [0, 0.1) is 0 Å². The minimum Gasteiger partial charge on any atom is -0.461 e. The number of ether oxygens (including phenoxy) is 1. The summed E-state index contributed by atoms with van der Waals surface area (Å²) in [7, 11) is -6.79. The van der Waals surface area contributed by atoms with Gasteiger partial charge >= 0.3 is 18.3 Å². The molecule has 3 N–H and O–H groups in total. The molecule has 0 fully saturated rings. The van der Waals surface area contributed by atoms with Gasteiger partial charge in [0.05, 0.1) is 27.5 Å². The molecule has 1 amide bonds. The summed E-state index contributed by atoms with van der Waals surface area (Å²) < 4.78 is 138. The second-order valence-electron chi connectivity index (χ2n) is 15.6. The van der Waals surface area contributed by atoms with Gasteiger partial charge in [0.15, 0.2) is 25.4 Å². The molecule has 0 aliphatic carbocycles. The first-order valence-corrected chi connectivity index (χ1v) is 24.8. The van der Waals surface area contributed by atoms with Crippen LogP contribution < -0.4 is 11.3 Å². The molecule has 0 aliphatic rings. The Morgan fingerprint density at radius 3 is 1.34 bits per heavy atom. The van der Waals surface area contributed by atoms with Crippen molar-refractivity contribution in [3.05, 3.63) is 181 Å². The summed E-state index contributed by atoms with van der Waals surface area (Å²) in [4.78, 5) is 33.1. The number of nitrogen functional groups attached to an aromatic ring is 1. The van der Waals surface area contributed by atoms with E-state index in [1.165, 1.54) is 76.1 Å². The first-order chi connectivity index (χ1) is 33.5. The van der Waals surface area contributed by atoms with E-state index in [0.717, 1.165) is 24.6 Å². The number of esters is 1. The van der Waals surface area contributed by atoms with Crippen molar-refractivity contribution in [2.24, 2.45) is 5.84 Å². The van der Waals surface area contributed by atoms with Gasteiger partial charge < -0.3 is 4.74 Å². The average molecular weight is 1020 g/mol. The molecule has 0 radical (unpaired) electrons. The molecule has 8 rings (SSSR count). The van der Waals surface area contributed by atoms with Gasteiger partial charge in [-0.3, -0.25) is 19.4 Å². The third kappa shape index (κ3) is 11.6. The minimum absolute atomic E-state index is 0.0715. The van der Waals surface area contributed by atoms with Gasteiger partial charge in [0, 0.05) is 47.4 Å². The van der Waals surface area contributed by atoms with Crippen LogP contribution in [-0.2, 0) is 36.8 Å². The molecule has 0 atom stereocenters. The van der Waals surface area contributed by atoms with Crippen LogP contribution in [0.1, 0.15) is 39.0 Å².